The van der Waals surface area contributed by atoms with Crippen molar-refractivity contribution in [3.05, 3.63) is 30.3 Å². The predicted octanol–water partition coefficient (Wildman–Crippen LogP) is 1.74. The second kappa shape index (κ2) is 6.83. The highest BCUT2D eigenvalue weighted by atomic mass is 32.2. The van der Waals surface area contributed by atoms with Crippen LogP contribution < -0.4 is 0 Å². The maximum absolute atomic E-state index is 12.9. The zero-order chi connectivity index (χ0) is 16.4. The average Bonchev–Trinajstić information content (AvgIpc) is 3.12. The second-order valence-corrected chi connectivity index (χ2v) is 7.52. The molecule has 1 amide bonds. The third-order valence-electron chi connectivity index (χ3n) is 4.62. The summed E-state index contributed by atoms with van der Waals surface area (Å²) in [5.41, 5.74) is 0. The first-order valence-electron chi connectivity index (χ1n) is 8.05. The lowest BCUT2D eigenvalue weighted by molar-refractivity contribution is -0.144. The van der Waals surface area contributed by atoms with Crippen LogP contribution in [0, 0.1) is 5.92 Å². The summed E-state index contributed by atoms with van der Waals surface area (Å²) in [6, 6.07) is 9.04. The number of carbonyl (C=O) groups excluding carboxylic acids is 2. The Morgan fingerprint density at radius 3 is 2.78 bits per heavy atom. The van der Waals surface area contributed by atoms with Gasteiger partial charge in [-0.15, -0.1) is 0 Å². The van der Waals surface area contributed by atoms with E-state index in [1.807, 2.05) is 23.1 Å². The minimum atomic E-state index is -1.45. The highest BCUT2D eigenvalue weighted by Gasteiger charge is 2.53. The molecule has 0 saturated carbocycles. The molecule has 4 atom stereocenters. The lowest BCUT2D eigenvalue weighted by Gasteiger charge is -2.20. The largest absolute Gasteiger partial charge is 0.466 e. The smallest absolute Gasteiger partial charge is 0.306 e. The van der Waals surface area contributed by atoms with Crippen LogP contribution in [0.1, 0.15) is 26.2 Å². The molecule has 2 aliphatic heterocycles. The van der Waals surface area contributed by atoms with E-state index in [1.165, 1.54) is 0 Å². The molecule has 23 heavy (non-hydrogen) atoms. The van der Waals surface area contributed by atoms with Gasteiger partial charge in [-0.25, -0.2) is 0 Å². The number of carbonyl (C=O) groups is 2. The zero-order valence-electron chi connectivity index (χ0n) is 13.1. The van der Waals surface area contributed by atoms with Crippen LogP contribution in [0.3, 0.4) is 0 Å². The standard InChI is InChI=1S/C17H21NO4S/c1-2-22-15(19)11-13-14-9-6-10-18(14)17(20)16(13)23(21)12-7-4-3-5-8-12/h3-5,7-8,13-14,16H,2,6,9-11H2,1H3/t13-,14-,16+,23?/m0/s1. The lowest BCUT2D eigenvalue weighted by Crippen LogP contribution is -2.33. The number of nitrogens with zero attached hydrogens (tertiary/aromatic N) is 1. The molecule has 0 aromatic heterocycles. The number of fused-ring (bicyclic) bond motifs is 1. The minimum Gasteiger partial charge on any atom is -0.466 e. The average molecular weight is 335 g/mol. The van der Waals surface area contributed by atoms with Gasteiger partial charge in [0.1, 0.15) is 5.25 Å². The van der Waals surface area contributed by atoms with Crippen molar-refractivity contribution in [1.29, 1.82) is 0 Å². The van der Waals surface area contributed by atoms with Crippen molar-refractivity contribution < 1.29 is 18.5 Å². The van der Waals surface area contributed by atoms with Gasteiger partial charge in [-0.1, -0.05) is 18.2 Å². The molecule has 1 unspecified atom stereocenters. The van der Waals surface area contributed by atoms with Gasteiger partial charge >= 0.3 is 5.97 Å². The van der Waals surface area contributed by atoms with Gasteiger partial charge in [0.2, 0.25) is 5.91 Å². The molecule has 0 N–H and O–H groups in total. The summed E-state index contributed by atoms with van der Waals surface area (Å²) in [6.07, 6.45) is 1.97. The molecule has 0 bridgehead atoms. The van der Waals surface area contributed by atoms with Gasteiger partial charge in [-0.3, -0.25) is 13.8 Å². The third-order valence-corrected chi connectivity index (χ3v) is 6.37. The molecule has 2 saturated heterocycles. The molecule has 0 aliphatic carbocycles. The van der Waals surface area contributed by atoms with E-state index < -0.39 is 16.0 Å². The van der Waals surface area contributed by atoms with E-state index >= 15 is 0 Å². The summed E-state index contributed by atoms with van der Waals surface area (Å²) in [7, 11) is -1.45. The van der Waals surface area contributed by atoms with Gasteiger partial charge in [0.05, 0.1) is 23.8 Å². The number of esters is 1. The van der Waals surface area contributed by atoms with Crippen molar-refractivity contribution in [1.82, 2.24) is 4.90 Å². The summed E-state index contributed by atoms with van der Waals surface area (Å²) in [6.45, 7) is 2.78. The number of rotatable bonds is 5. The molecule has 2 fully saturated rings. The van der Waals surface area contributed by atoms with Crippen molar-refractivity contribution in [2.45, 2.75) is 42.4 Å². The maximum atomic E-state index is 12.9. The Morgan fingerprint density at radius 1 is 1.35 bits per heavy atom. The van der Waals surface area contributed by atoms with Crippen molar-refractivity contribution >= 4 is 22.7 Å². The molecule has 1 aromatic rings. The molecule has 0 spiro atoms. The van der Waals surface area contributed by atoms with Crippen LogP contribution in [-0.4, -0.2) is 45.4 Å². The molecule has 5 nitrogen and oxygen atoms in total. The third kappa shape index (κ3) is 3.04. The fourth-order valence-corrected chi connectivity index (χ4v) is 5.30. The van der Waals surface area contributed by atoms with E-state index in [4.69, 9.17) is 4.74 Å². The fourth-order valence-electron chi connectivity index (χ4n) is 3.67. The van der Waals surface area contributed by atoms with Crippen LogP contribution >= 0.6 is 0 Å². The van der Waals surface area contributed by atoms with Crippen LogP contribution in [-0.2, 0) is 25.1 Å². The Bertz CT molecular complexity index is 618. The molecule has 0 radical (unpaired) electrons. The van der Waals surface area contributed by atoms with Gasteiger partial charge in [-0.2, -0.15) is 0 Å². The van der Waals surface area contributed by atoms with Crippen LogP contribution in [0.25, 0.3) is 0 Å². The van der Waals surface area contributed by atoms with Crippen LogP contribution in [0.4, 0.5) is 0 Å². The van der Waals surface area contributed by atoms with E-state index in [1.54, 1.807) is 19.1 Å². The van der Waals surface area contributed by atoms with Gasteiger partial charge in [0, 0.05) is 23.4 Å². The van der Waals surface area contributed by atoms with E-state index in [-0.39, 0.29) is 30.3 Å². The molecular formula is C17H21NO4S. The molecule has 2 aliphatic rings. The van der Waals surface area contributed by atoms with Crippen LogP contribution in [0.5, 0.6) is 0 Å². The van der Waals surface area contributed by atoms with Crippen molar-refractivity contribution in [2.24, 2.45) is 5.92 Å². The highest BCUT2D eigenvalue weighted by molar-refractivity contribution is 7.86. The van der Waals surface area contributed by atoms with Gasteiger partial charge in [-0.05, 0) is 31.9 Å². The summed E-state index contributed by atoms with van der Waals surface area (Å²) in [5, 5.41) is -0.646. The molecule has 6 heteroatoms. The molecule has 2 heterocycles. The van der Waals surface area contributed by atoms with E-state index in [9.17, 15) is 13.8 Å². The SMILES string of the molecule is CCOC(=O)C[C@H]1[C@@H]2CCCN2C(=O)[C@@H]1S(=O)c1ccccc1. The maximum Gasteiger partial charge on any atom is 0.306 e. The lowest BCUT2D eigenvalue weighted by atomic mass is 9.94. The van der Waals surface area contributed by atoms with Gasteiger partial charge < -0.3 is 9.64 Å². The monoisotopic (exact) mass is 335 g/mol. The summed E-state index contributed by atoms with van der Waals surface area (Å²) < 4.78 is 18.0. The highest BCUT2D eigenvalue weighted by Crippen LogP contribution is 2.39. The quantitative estimate of drug-likeness (QED) is 0.769. The van der Waals surface area contributed by atoms with E-state index in [2.05, 4.69) is 0 Å². The topological polar surface area (TPSA) is 63.7 Å². The second-order valence-electron chi connectivity index (χ2n) is 5.95. The Morgan fingerprint density at radius 2 is 2.09 bits per heavy atom. The number of amides is 1. The predicted molar refractivity (Wildman–Crippen MR) is 86.1 cm³/mol. The summed E-state index contributed by atoms with van der Waals surface area (Å²) in [4.78, 5) is 27.1. The number of hydrogen-bond donors (Lipinski definition) is 0. The van der Waals surface area contributed by atoms with Crippen LogP contribution in [0.15, 0.2) is 35.2 Å². The van der Waals surface area contributed by atoms with Crippen molar-refractivity contribution in [3.8, 4) is 0 Å². The van der Waals surface area contributed by atoms with E-state index in [0.717, 1.165) is 12.8 Å². The van der Waals surface area contributed by atoms with Crippen molar-refractivity contribution in [3.63, 3.8) is 0 Å². The van der Waals surface area contributed by atoms with E-state index in [0.29, 0.717) is 18.0 Å². The Labute approximate surface area is 138 Å². The van der Waals surface area contributed by atoms with Crippen LogP contribution in [0.2, 0.25) is 0 Å². The molecule has 124 valence electrons. The van der Waals surface area contributed by atoms with Gasteiger partial charge in [0.15, 0.2) is 0 Å². The van der Waals surface area contributed by atoms with Gasteiger partial charge in [0.25, 0.3) is 0 Å². The molecular weight excluding hydrogens is 314 g/mol. The zero-order valence-corrected chi connectivity index (χ0v) is 14.0. The minimum absolute atomic E-state index is 0.0181. The first-order valence-corrected chi connectivity index (χ1v) is 9.26. The molecule has 3 rings (SSSR count). The Kier molecular flexibility index (Phi) is 4.80. The fraction of sp³-hybridized carbons (Fsp3) is 0.529. The normalized spacial score (nSPS) is 27.8. The summed E-state index contributed by atoms with van der Waals surface area (Å²) in [5.74, 6) is -0.622. The first kappa shape index (κ1) is 16.2. The first-order chi connectivity index (χ1) is 11.1. The summed E-state index contributed by atoms with van der Waals surface area (Å²) >= 11 is 0. The number of hydrogen-bond acceptors (Lipinski definition) is 4. The molecule has 1 aromatic carbocycles. The van der Waals surface area contributed by atoms with Crippen molar-refractivity contribution in [2.75, 3.05) is 13.2 Å². The Balaban J connectivity index is 1.87. The number of benzene rings is 1. The Hall–Kier alpha value is -1.69. The number of ether oxygens (including phenoxy) is 1.